The van der Waals surface area contributed by atoms with Crippen LogP contribution < -0.4 is 4.57 Å². The maximum atomic E-state index is 11.4. The van der Waals surface area contributed by atoms with Crippen LogP contribution in [0.1, 0.15) is 22.8 Å². The van der Waals surface area contributed by atoms with Crippen LogP contribution in [0.25, 0.3) is 0 Å². The summed E-state index contributed by atoms with van der Waals surface area (Å²) in [5.41, 5.74) is 2.43. The van der Waals surface area contributed by atoms with E-state index in [2.05, 4.69) is 21.1 Å². The number of benzene rings is 1. The molecule has 0 aliphatic heterocycles. The first-order chi connectivity index (χ1) is 10.1. The summed E-state index contributed by atoms with van der Waals surface area (Å²) in [4.78, 5) is 16.4. The average Bonchev–Trinajstić information content (AvgIpc) is 2.48. The highest BCUT2D eigenvalue weighted by Gasteiger charge is 2.13. The Balaban J connectivity index is 2.28. The minimum absolute atomic E-state index is 0.0400. The van der Waals surface area contributed by atoms with Crippen LogP contribution in [0.15, 0.2) is 58.4 Å². The van der Waals surface area contributed by atoms with E-state index in [1.807, 2.05) is 47.3 Å². The van der Waals surface area contributed by atoms with E-state index in [0.29, 0.717) is 12.1 Å². The lowest BCUT2D eigenvalue weighted by atomic mass is 10.1. The van der Waals surface area contributed by atoms with Crippen LogP contribution >= 0.6 is 15.9 Å². The van der Waals surface area contributed by atoms with E-state index in [-0.39, 0.29) is 5.78 Å². The van der Waals surface area contributed by atoms with Crippen LogP contribution in [0.4, 0.5) is 0 Å². The fraction of sp³-hybridized carbons (Fsp3) is 0.188. The Kier molecular flexibility index (Phi) is 5.22. The van der Waals surface area contributed by atoms with Gasteiger partial charge in [-0.1, -0.05) is 33.2 Å². The fourth-order valence-corrected chi connectivity index (χ4v) is 2.19. The minimum Gasteiger partial charge on any atom is -0.399 e. The highest BCUT2D eigenvalue weighted by molar-refractivity contribution is 9.10. The predicted molar refractivity (Wildman–Crippen MR) is 84.3 cm³/mol. The molecule has 1 heterocycles. The Morgan fingerprint density at radius 3 is 2.57 bits per heavy atom. The zero-order valence-electron chi connectivity index (χ0n) is 11.9. The van der Waals surface area contributed by atoms with Gasteiger partial charge in [0.25, 0.3) is 0 Å². The van der Waals surface area contributed by atoms with Crippen molar-refractivity contribution in [3.63, 3.8) is 0 Å². The molecule has 0 unspecified atom stereocenters. The molecule has 2 aromatic rings. The molecule has 0 fully saturated rings. The van der Waals surface area contributed by atoms with Gasteiger partial charge in [-0.15, -0.1) is 0 Å². The third kappa shape index (κ3) is 4.23. The maximum Gasteiger partial charge on any atom is 0.194 e. The smallest absolute Gasteiger partial charge is 0.194 e. The second-order valence-corrected chi connectivity index (χ2v) is 5.46. The summed E-state index contributed by atoms with van der Waals surface area (Å²) >= 11 is 3.41. The molecule has 0 saturated carbocycles. The van der Waals surface area contributed by atoms with Crippen LogP contribution in [-0.4, -0.2) is 18.6 Å². The normalized spacial score (nSPS) is 11.3. The monoisotopic (exact) mass is 347 g/mol. The number of hydrogen-bond acceptors (Lipinski definition) is 3. The molecular weight excluding hydrogens is 332 g/mol. The lowest BCUT2D eigenvalue weighted by Gasteiger charge is -2.04. The third-order valence-corrected chi connectivity index (χ3v) is 3.50. The SMILES string of the molecule is CO/N=C(/C[n+]1cccc(C(C)=O)c1)c1ccc(Br)cc1. The lowest BCUT2D eigenvalue weighted by Crippen LogP contribution is -2.38. The Morgan fingerprint density at radius 1 is 1.24 bits per heavy atom. The summed E-state index contributed by atoms with van der Waals surface area (Å²) in [6.45, 7) is 2.08. The van der Waals surface area contributed by atoms with Gasteiger partial charge < -0.3 is 4.84 Å². The van der Waals surface area contributed by atoms with E-state index in [9.17, 15) is 4.79 Å². The second kappa shape index (κ2) is 7.13. The highest BCUT2D eigenvalue weighted by atomic mass is 79.9. The summed E-state index contributed by atoms with van der Waals surface area (Å²) < 4.78 is 2.92. The third-order valence-electron chi connectivity index (χ3n) is 2.98. The van der Waals surface area contributed by atoms with Crippen molar-refractivity contribution in [2.75, 3.05) is 7.11 Å². The van der Waals surface area contributed by atoms with Crippen LogP contribution in [0.2, 0.25) is 0 Å². The minimum atomic E-state index is 0.0400. The van der Waals surface area contributed by atoms with Crippen molar-refractivity contribution in [2.45, 2.75) is 13.5 Å². The highest BCUT2D eigenvalue weighted by Crippen LogP contribution is 2.11. The van der Waals surface area contributed by atoms with Crippen molar-refractivity contribution in [1.29, 1.82) is 0 Å². The van der Waals surface area contributed by atoms with Crippen LogP contribution in [0.3, 0.4) is 0 Å². The van der Waals surface area contributed by atoms with Gasteiger partial charge in [0.2, 0.25) is 0 Å². The van der Waals surface area contributed by atoms with Gasteiger partial charge in [0, 0.05) is 16.1 Å². The molecule has 0 aliphatic carbocycles. The van der Waals surface area contributed by atoms with Crippen molar-refractivity contribution in [2.24, 2.45) is 5.16 Å². The van der Waals surface area contributed by atoms with Crippen molar-refractivity contribution in [3.05, 3.63) is 64.4 Å². The van der Waals surface area contributed by atoms with Crippen LogP contribution in [-0.2, 0) is 11.4 Å². The van der Waals surface area contributed by atoms with Crippen molar-refractivity contribution >= 4 is 27.4 Å². The molecular formula is C16H16BrN2O2+. The van der Waals surface area contributed by atoms with Crippen molar-refractivity contribution in [1.82, 2.24) is 0 Å². The van der Waals surface area contributed by atoms with Gasteiger partial charge >= 0.3 is 0 Å². The number of oxime groups is 1. The number of nitrogens with zero attached hydrogens (tertiary/aromatic N) is 2. The molecule has 0 bridgehead atoms. The van der Waals surface area contributed by atoms with E-state index in [1.54, 1.807) is 13.0 Å². The first-order valence-electron chi connectivity index (χ1n) is 6.46. The summed E-state index contributed by atoms with van der Waals surface area (Å²) in [6.07, 6.45) is 3.71. The number of carbonyl (C=O) groups is 1. The molecule has 0 N–H and O–H groups in total. The number of pyridine rings is 1. The average molecular weight is 348 g/mol. The van der Waals surface area contributed by atoms with E-state index in [4.69, 9.17) is 4.84 Å². The summed E-state index contributed by atoms with van der Waals surface area (Å²) in [6, 6.07) is 11.5. The van der Waals surface area contributed by atoms with Gasteiger partial charge in [0.05, 0.1) is 5.56 Å². The van der Waals surface area contributed by atoms with Gasteiger partial charge in [-0.3, -0.25) is 4.79 Å². The van der Waals surface area contributed by atoms with Crippen LogP contribution in [0, 0.1) is 0 Å². The first kappa shape index (κ1) is 15.4. The number of carbonyl (C=O) groups excluding carboxylic acids is 1. The molecule has 5 heteroatoms. The Morgan fingerprint density at radius 2 is 1.95 bits per heavy atom. The van der Waals surface area contributed by atoms with E-state index in [1.165, 1.54) is 7.11 Å². The largest absolute Gasteiger partial charge is 0.399 e. The molecule has 21 heavy (non-hydrogen) atoms. The molecule has 0 saturated heterocycles. The second-order valence-electron chi connectivity index (χ2n) is 4.55. The zero-order valence-corrected chi connectivity index (χ0v) is 13.5. The van der Waals surface area contributed by atoms with Crippen molar-refractivity contribution in [3.8, 4) is 0 Å². The topological polar surface area (TPSA) is 42.5 Å². The molecule has 0 radical (unpaired) electrons. The molecule has 2 rings (SSSR count). The van der Waals surface area contributed by atoms with Gasteiger partial charge in [0.1, 0.15) is 7.11 Å². The van der Waals surface area contributed by atoms with Gasteiger partial charge in [-0.25, -0.2) is 0 Å². The van der Waals surface area contributed by atoms with Gasteiger partial charge in [-0.2, -0.15) is 4.57 Å². The Hall–Kier alpha value is -2.01. The predicted octanol–water partition coefficient (Wildman–Crippen LogP) is 2.99. The molecule has 0 amide bonds. The van der Waals surface area contributed by atoms with E-state index in [0.717, 1.165) is 15.7 Å². The number of hydrogen-bond donors (Lipinski definition) is 0. The molecule has 1 aromatic carbocycles. The summed E-state index contributed by atoms with van der Waals surface area (Å²) in [7, 11) is 1.52. The summed E-state index contributed by atoms with van der Waals surface area (Å²) in [5.74, 6) is 0.0400. The van der Waals surface area contributed by atoms with Gasteiger partial charge in [0.15, 0.2) is 30.4 Å². The number of halogens is 1. The Bertz CT molecular complexity index is 666. The van der Waals surface area contributed by atoms with Crippen LogP contribution in [0.5, 0.6) is 0 Å². The zero-order chi connectivity index (χ0) is 15.2. The Labute approximate surface area is 132 Å². The number of aromatic nitrogens is 1. The van der Waals surface area contributed by atoms with E-state index >= 15 is 0 Å². The molecule has 4 nitrogen and oxygen atoms in total. The first-order valence-corrected chi connectivity index (χ1v) is 7.25. The molecule has 0 aliphatic rings. The fourth-order valence-electron chi connectivity index (χ4n) is 1.93. The number of ketones is 1. The maximum absolute atomic E-state index is 11.4. The quantitative estimate of drug-likeness (QED) is 0.361. The lowest BCUT2D eigenvalue weighted by molar-refractivity contribution is -0.682. The molecule has 0 spiro atoms. The van der Waals surface area contributed by atoms with Gasteiger partial charge in [-0.05, 0) is 25.1 Å². The number of Topliss-reactive ketones (excluding diaryl/α,β-unsaturated/α-hetero) is 1. The standard InChI is InChI=1S/C16H16BrN2O2/c1-12(20)14-4-3-9-19(10-14)11-16(18-21-2)13-5-7-15(17)8-6-13/h3-10H,11H2,1-2H3/q+1/b18-16-. The van der Waals surface area contributed by atoms with Crippen molar-refractivity contribution < 1.29 is 14.2 Å². The molecule has 1 aromatic heterocycles. The number of rotatable bonds is 5. The molecule has 108 valence electrons. The summed E-state index contributed by atoms with van der Waals surface area (Å²) in [5, 5.41) is 4.09. The molecule has 0 atom stereocenters. The van der Waals surface area contributed by atoms with E-state index < -0.39 is 0 Å².